The minimum absolute atomic E-state index is 0.103. The molecule has 2 aliphatic rings. The molecule has 2 fully saturated rings. The molecule has 3 rings (SSSR count). The van der Waals surface area contributed by atoms with Crippen molar-refractivity contribution in [1.82, 2.24) is 10.2 Å². The summed E-state index contributed by atoms with van der Waals surface area (Å²) in [5.74, 6) is -0.0228. The van der Waals surface area contributed by atoms with Crippen molar-refractivity contribution in [2.24, 2.45) is 5.14 Å². The lowest BCUT2D eigenvalue weighted by atomic mass is 10.1. The van der Waals surface area contributed by atoms with Crippen molar-refractivity contribution in [3.05, 3.63) is 23.8 Å². The lowest BCUT2D eigenvalue weighted by Crippen LogP contribution is -2.41. The molecule has 8 heteroatoms. The van der Waals surface area contributed by atoms with Crippen LogP contribution in [0.5, 0.6) is 5.75 Å². The van der Waals surface area contributed by atoms with Crippen LogP contribution in [0.15, 0.2) is 23.1 Å². The third-order valence-corrected chi connectivity index (χ3v) is 5.59. The highest BCUT2D eigenvalue weighted by molar-refractivity contribution is 7.89. The summed E-state index contributed by atoms with van der Waals surface area (Å²) >= 11 is 0. The van der Waals surface area contributed by atoms with E-state index in [0.717, 1.165) is 19.4 Å². The van der Waals surface area contributed by atoms with Crippen LogP contribution in [0.1, 0.15) is 36.0 Å². The summed E-state index contributed by atoms with van der Waals surface area (Å²) in [6.45, 7) is 1.65. The van der Waals surface area contributed by atoms with E-state index < -0.39 is 10.0 Å². The van der Waals surface area contributed by atoms with Gasteiger partial charge in [-0.05, 0) is 50.4 Å². The second-order valence-electron chi connectivity index (χ2n) is 6.38. The van der Waals surface area contributed by atoms with E-state index in [1.807, 2.05) is 0 Å². The molecule has 1 aromatic rings. The number of nitrogens with zero attached hydrogens (tertiary/aromatic N) is 1. The number of amides is 1. The van der Waals surface area contributed by atoms with Crippen molar-refractivity contribution >= 4 is 15.9 Å². The van der Waals surface area contributed by atoms with Gasteiger partial charge in [0.1, 0.15) is 5.75 Å². The number of ether oxygens (including phenoxy) is 1. The molecule has 1 unspecified atom stereocenters. The Labute approximate surface area is 142 Å². The van der Waals surface area contributed by atoms with Crippen molar-refractivity contribution in [2.75, 3.05) is 20.2 Å². The number of nitrogens with one attached hydrogen (secondary N) is 1. The number of methoxy groups -OCH3 is 1. The first-order valence-electron chi connectivity index (χ1n) is 8.15. The van der Waals surface area contributed by atoms with Crippen molar-refractivity contribution in [3.8, 4) is 5.75 Å². The van der Waals surface area contributed by atoms with E-state index in [9.17, 15) is 13.2 Å². The number of carbonyl (C=O) groups excluding carboxylic acids is 1. The molecule has 0 bridgehead atoms. The number of carbonyl (C=O) groups is 1. The van der Waals surface area contributed by atoms with E-state index in [2.05, 4.69) is 10.2 Å². The maximum atomic E-state index is 12.5. The number of hydrogen-bond acceptors (Lipinski definition) is 5. The van der Waals surface area contributed by atoms with E-state index in [1.54, 1.807) is 0 Å². The van der Waals surface area contributed by atoms with Gasteiger partial charge in [-0.15, -0.1) is 0 Å². The molecule has 3 N–H and O–H groups in total. The van der Waals surface area contributed by atoms with Crippen LogP contribution in [0.3, 0.4) is 0 Å². The molecule has 1 saturated heterocycles. The van der Waals surface area contributed by atoms with Crippen LogP contribution in [0.2, 0.25) is 0 Å². The SMILES string of the molecule is COc1ccc(S(N)(=O)=O)cc1C(=O)NCC1CCCN1C1CC1. The lowest BCUT2D eigenvalue weighted by Gasteiger charge is -2.24. The highest BCUT2D eigenvalue weighted by atomic mass is 32.2. The molecular formula is C16H23N3O4S. The Morgan fingerprint density at radius 1 is 1.38 bits per heavy atom. The monoisotopic (exact) mass is 353 g/mol. The van der Waals surface area contributed by atoms with Gasteiger partial charge in [0.05, 0.1) is 17.6 Å². The third-order valence-electron chi connectivity index (χ3n) is 4.68. The Hall–Kier alpha value is -1.64. The molecule has 1 amide bonds. The van der Waals surface area contributed by atoms with Crippen molar-refractivity contribution in [2.45, 2.75) is 42.7 Å². The van der Waals surface area contributed by atoms with Crippen molar-refractivity contribution < 1.29 is 17.9 Å². The average molecular weight is 353 g/mol. The van der Waals surface area contributed by atoms with Gasteiger partial charge < -0.3 is 10.1 Å². The van der Waals surface area contributed by atoms with Gasteiger partial charge in [-0.3, -0.25) is 9.69 Å². The van der Waals surface area contributed by atoms with Gasteiger partial charge in [-0.1, -0.05) is 0 Å². The number of benzene rings is 1. The second kappa shape index (κ2) is 6.70. The molecule has 0 spiro atoms. The van der Waals surface area contributed by atoms with E-state index in [-0.39, 0.29) is 16.4 Å². The maximum absolute atomic E-state index is 12.5. The zero-order valence-corrected chi connectivity index (χ0v) is 14.5. The molecule has 7 nitrogen and oxygen atoms in total. The van der Waals surface area contributed by atoms with Crippen LogP contribution < -0.4 is 15.2 Å². The maximum Gasteiger partial charge on any atom is 0.255 e. The first-order valence-corrected chi connectivity index (χ1v) is 9.69. The zero-order chi connectivity index (χ0) is 17.3. The molecule has 1 aliphatic carbocycles. The zero-order valence-electron chi connectivity index (χ0n) is 13.7. The van der Waals surface area contributed by atoms with E-state index in [0.29, 0.717) is 24.4 Å². The summed E-state index contributed by atoms with van der Waals surface area (Å²) in [5.41, 5.74) is 0.181. The van der Waals surface area contributed by atoms with Gasteiger partial charge >= 0.3 is 0 Å². The number of nitrogens with two attached hydrogens (primary N) is 1. The summed E-state index contributed by atoms with van der Waals surface area (Å²) < 4.78 is 28.2. The van der Waals surface area contributed by atoms with Crippen LogP contribution in [-0.2, 0) is 10.0 Å². The third kappa shape index (κ3) is 3.71. The van der Waals surface area contributed by atoms with Crippen molar-refractivity contribution in [3.63, 3.8) is 0 Å². The molecule has 1 heterocycles. The smallest absolute Gasteiger partial charge is 0.255 e. The second-order valence-corrected chi connectivity index (χ2v) is 7.94. The Morgan fingerprint density at radius 3 is 2.75 bits per heavy atom. The summed E-state index contributed by atoms with van der Waals surface area (Å²) in [5, 5.41) is 8.05. The summed E-state index contributed by atoms with van der Waals surface area (Å²) in [6.07, 6.45) is 4.72. The quantitative estimate of drug-likeness (QED) is 0.784. The number of hydrogen-bond donors (Lipinski definition) is 2. The van der Waals surface area contributed by atoms with Gasteiger partial charge in [0.2, 0.25) is 10.0 Å². The Balaban J connectivity index is 1.71. The van der Waals surface area contributed by atoms with Crippen LogP contribution in [0.25, 0.3) is 0 Å². The Kier molecular flexibility index (Phi) is 4.80. The summed E-state index contributed by atoms with van der Waals surface area (Å²) in [7, 11) is -2.43. The lowest BCUT2D eigenvalue weighted by molar-refractivity contribution is 0.0936. The van der Waals surface area contributed by atoms with Crippen LogP contribution >= 0.6 is 0 Å². The van der Waals surface area contributed by atoms with Gasteiger partial charge in [0, 0.05) is 18.6 Å². The van der Waals surface area contributed by atoms with E-state index in [1.165, 1.54) is 38.2 Å². The standard InChI is InChI=1S/C16H23N3O4S/c1-23-15-7-6-13(24(17,21)22)9-14(15)16(20)18-10-12-3-2-8-19(12)11-4-5-11/h6-7,9,11-12H,2-5,8,10H2,1H3,(H,18,20)(H2,17,21,22). The Bertz CT molecular complexity index is 731. The fourth-order valence-electron chi connectivity index (χ4n) is 3.31. The number of likely N-dealkylation sites (tertiary alicyclic amines) is 1. The molecule has 0 aromatic heterocycles. The minimum Gasteiger partial charge on any atom is -0.496 e. The predicted molar refractivity (Wildman–Crippen MR) is 89.5 cm³/mol. The molecule has 132 valence electrons. The molecule has 1 aromatic carbocycles. The van der Waals surface area contributed by atoms with Gasteiger partial charge in [-0.2, -0.15) is 0 Å². The van der Waals surface area contributed by atoms with Gasteiger partial charge in [0.25, 0.3) is 5.91 Å². The highest BCUT2D eigenvalue weighted by Gasteiger charge is 2.36. The van der Waals surface area contributed by atoms with Gasteiger partial charge in [-0.25, -0.2) is 13.6 Å². The largest absolute Gasteiger partial charge is 0.496 e. The van der Waals surface area contributed by atoms with E-state index >= 15 is 0 Å². The molecular weight excluding hydrogens is 330 g/mol. The van der Waals surface area contributed by atoms with Crippen molar-refractivity contribution in [1.29, 1.82) is 0 Å². The van der Waals surface area contributed by atoms with Gasteiger partial charge in [0.15, 0.2) is 0 Å². The first-order chi connectivity index (χ1) is 11.4. The van der Waals surface area contributed by atoms with Crippen LogP contribution in [0, 0.1) is 0 Å². The number of primary sulfonamides is 1. The molecule has 1 saturated carbocycles. The van der Waals surface area contributed by atoms with E-state index in [4.69, 9.17) is 9.88 Å². The molecule has 1 atom stereocenters. The number of sulfonamides is 1. The van der Waals surface area contributed by atoms with Crippen LogP contribution in [-0.4, -0.2) is 51.5 Å². The highest BCUT2D eigenvalue weighted by Crippen LogP contribution is 2.33. The van der Waals surface area contributed by atoms with Crippen LogP contribution in [0.4, 0.5) is 0 Å². The fraction of sp³-hybridized carbons (Fsp3) is 0.562. The summed E-state index contributed by atoms with van der Waals surface area (Å²) in [4.78, 5) is 14.9. The summed E-state index contributed by atoms with van der Waals surface area (Å²) in [6, 6.07) is 5.07. The predicted octanol–water partition coefficient (Wildman–Crippen LogP) is 0.699. The molecule has 0 radical (unpaired) electrons. The fourth-order valence-corrected chi connectivity index (χ4v) is 3.85. The normalized spacial score (nSPS) is 21.7. The minimum atomic E-state index is -3.87. The molecule has 1 aliphatic heterocycles. The molecule has 24 heavy (non-hydrogen) atoms. The Morgan fingerprint density at radius 2 is 2.12 bits per heavy atom. The first kappa shape index (κ1) is 17.2. The number of rotatable bonds is 6. The average Bonchev–Trinajstić information content (AvgIpc) is 3.29. The topological polar surface area (TPSA) is 102 Å².